The fraction of sp³-hybridized carbons (Fsp3) is 0.257. The maximum Gasteiger partial charge on any atom is 0.336 e. The first-order chi connectivity index (χ1) is 22.5. The molecule has 0 atom stereocenters. The highest BCUT2D eigenvalue weighted by Crippen LogP contribution is 2.24. The number of likely N-dealkylation sites (N-methyl/N-ethyl adjacent to an activating group) is 1. The highest BCUT2D eigenvalue weighted by Gasteiger charge is 2.15. The molecule has 11 nitrogen and oxygen atoms in total. The van der Waals surface area contributed by atoms with Crippen LogP contribution in [-0.2, 0) is 17.6 Å². The lowest BCUT2D eigenvalue weighted by atomic mass is 10.1. The molecule has 2 N–H and O–H groups in total. The van der Waals surface area contributed by atoms with Crippen LogP contribution in [0.25, 0.3) is 11.0 Å². The number of ketones is 1. The number of aromatic nitrogens is 1. The van der Waals surface area contributed by atoms with Crippen molar-refractivity contribution >= 4 is 39.7 Å². The van der Waals surface area contributed by atoms with Gasteiger partial charge in [0.05, 0.1) is 17.9 Å². The summed E-state index contributed by atoms with van der Waals surface area (Å²) in [6.07, 6.45) is 1.03. The van der Waals surface area contributed by atoms with Gasteiger partial charge in [-0.1, -0.05) is 35.6 Å². The average molecular weight is 658 g/mol. The molecule has 2 aromatic heterocycles. The number of Topliss-reactive ketones (excluding diaryl/α,β-unsaturated/α-hetero) is 1. The highest BCUT2D eigenvalue weighted by atomic mass is 32.1. The van der Waals surface area contributed by atoms with Gasteiger partial charge in [0.25, 0.3) is 0 Å². The lowest BCUT2D eigenvalue weighted by Gasteiger charge is -2.18. The first kappa shape index (κ1) is 33.0. The number of anilines is 1. The summed E-state index contributed by atoms with van der Waals surface area (Å²) in [6.45, 7) is 0.618. The van der Waals surface area contributed by atoms with Gasteiger partial charge in [-0.25, -0.2) is 4.79 Å². The number of amides is 1. The van der Waals surface area contributed by atoms with E-state index in [0.717, 1.165) is 28.0 Å². The first-order valence-electron chi connectivity index (χ1n) is 14.9. The highest BCUT2D eigenvalue weighted by molar-refractivity contribution is 7.09. The van der Waals surface area contributed by atoms with Crippen molar-refractivity contribution in [1.29, 1.82) is 0 Å². The minimum Gasteiger partial charge on any atom is -0.494 e. The van der Waals surface area contributed by atoms with Gasteiger partial charge in [0.2, 0.25) is 11.8 Å². The molecule has 1 amide bonds. The first-order valence-corrected chi connectivity index (χ1v) is 15.7. The summed E-state index contributed by atoms with van der Waals surface area (Å²) in [6, 6.07) is 20.9. The van der Waals surface area contributed by atoms with Gasteiger partial charge in [-0.3, -0.25) is 19.4 Å². The predicted molar refractivity (Wildman–Crippen MR) is 180 cm³/mol. The summed E-state index contributed by atoms with van der Waals surface area (Å²) >= 11 is 0.961. The number of thiazole rings is 1. The number of carbonyl (C=O) groups is 2. The van der Waals surface area contributed by atoms with Crippen molar-refractivity contribution in [1.82, 2.24) is 9.88 Å². The van der Waals surface area contributed by atoms with E-state index in [1.54, 1.807) is 54.4 Å². The molecule has 0 unspecified atom stereocenters. The van der Waals surface area contributed by atoms with E-state index in [-0.39, 0.29) is 35.5 Å². The summed E-state index contributed by atoms with van der Waals surface area (Å²) in [4.78, 5) is 55.4. The molecule has 0 radical (unpaired) electrons. The van der Waals surface area contributed by atoms with Crippen molar-refractivity contribution < 1.29 is 28.6 Å². The van der Waals surface area contributed by atoms with Gasteiger partial charge in [-0.15, -0.1) is 0 Å². The monoisotopic (exact) mass is 657 g/mol. The molecule has 5 rings (SSSR count). The lowest BCUT2D eigenvalue weighted by molar-refractivity contribution is -0.129. The van der Waals surface area contributed by atoms with Crippen molar-refractivity contribution in [3.05, 3.63) is 114 Å². The van der Waals surface area contributed by atoms with E-state index in [4.69, 9.17) is 13.9 Å². The minimum absolute atomic E-state index is 0.0685. The van der Waals surface area contributed by atoms with Crippen LogP contribution in [0.4, 0.5) is 5.69 Å². The molecule has 12 heteroatoms. The van der Waals surface area contributed by atoms with Crippen LogP contribution < -0.4 is 24.9 Å². The number of rotatable bonds is 14. The molecular formula is C35H35N3O8S. The normalized spacial score (nSPS) is 11.0. The van der Waals surface area contributed by atoms with Crippen LogP contribution in [0.2, 0.25) is 0 Å². The molecule has 2 heterocycles. The van der Waals surface area contributed by atoms with Crippen molar-refractivity contribution in [3.8, 4) is 17.4 Å². The van der Waals surface area contributed by atoms with Gasteiger partial charge in [0.15, 0.2) is 12.4 Å². The molecular weight excluding hydrogens is 622 g/mol. The summed E-state index contributed by atoms with van der Waals surface area (Å²) < 4.78 is 16.9. The molecule has 5 aromatic rings. The number of hydrogen-bond donors (Lipinski definition) is 2. The minimum atomic E-state index is -0.498. The van der Waals surface area contributed by atoms with Gasteiger partial charge >= 0.3 is 10.5 Å². The quantitative estimate of drug-likeness (QED) is 0.0993. The molecule has 0 spiro atoms. The molecule has 0 saturated carbocycles. The van der Waals surface area contributed by atoms with Crippen LogP contribution in [0.5, 0.6) is 17.4 Å². The van der Waals surface area contributed by atoms with E-state index in [1.165, 1.54) is 6.07 Å². The fourth-order valence-electron chi connectivity index (χ4n) is 4.91. The van der Waals surface area contributed by atoms with Crippen molar-refractivity contribution in [2.75, 3.05) is 45.8 Å². The smallest absolute Gasteiger partial charge is 0.336 e. The van der Waals surface area contributed by atoms with Gasteiger partial charge in [-0.05, 0) is 53.9 Å². The topological polar surface area (TPSA) is 142 Å². The Kier molecular flexibility index (Phi) is 10.4. The second-order valence-corrected chi connectivity index (χ2v) is 12.3. The van der Waals surface area contributed by atoms with Crippen molar-refractivity contribution in [3.63, 3.8) is 0 Å². The Morgan fingerprint density at radius 1 is 0.936 bits per heavy atom. The number of H-pyrrole nitrogens is 1. The maximum atomic E-state index is 13.0. The Morgan fingerprint density at radius 3 is 2.45 bits per heavy atom. The number of benzene rings is 3. The number of hydrogen-bond acceptors (Lipinski definition) is 10. The molecule has 3 aromatic carbocycles. The SMILES string of the molecule is CN(CCCOc1cccc(C(=O)COc2ccc(Cc3sc(=O)[nH]c3O)cc2)c1)C(=O)Cc1cc(=O)oc2cc(N(C)C)ccc12. The van der Waals surface area contributed by atoms with Gasteiger partial charge < -0.3 is 28.8 Å². The number of ether oxygens (including phenoxy) is 2. The molecule has 0 aliphatic rings. The third-order valence-electron chi connectivity index (χ3n) is 7.52. The Morgan fingerprint density at radius 2 is 1.72 bits per heavy atom. The molecule has 0 bridgehead atoms. The van der Waals surface area contributed by atoms with Crippen molar-refractivity contribution in [2.24, 2.45) is 0 Å². The summed E-state index contributed by atoms with van der Waals surface area (Å²) in [5, 5.41) is 10.5. The molecule has 0 aliphatic heterocycles. The van der Waals surface area contributed by atoms with Gasteiger partial charge in [0.1, 0.15) is 17.1 Å². The Balaban J connectivity index is 1.07. The number of nitrogens with one attached hydrogen (secondary N) is 1. The van der Waals surface area contributed by atoms with Gasteiger partial charge in [0, 0.05) is 62.9 Å². The van der Waals surface area contributed by atoms with Crippen LogP contribution in [0.3, 0.4) is 0 Å². The summed E-state index contributed by atoms with van der Waals surface area (Å²) in [7, 11) is 5.51. The third-order valence-corrected chi connectivity index (χ3v) is 8.39. The number of fused-ring (bicyclic) bond motifs is 1. The largest absolute Gasteiger partial charge is 0.494 e. The zero-order chi connectivity index (χ0) is 33.5. The lowest BCUT2D eigenvalue weighted by Crippen LogP contribution is -2.30. The van der Waals surface area contributed by atoms with E-state index < -0.39 is 5.63 Å². The van der Waals surface area contributed by atoms with Crippen LogP contribution in [0.15, 0.2) is 86.8 Å². The fourth-order valence-corrected chi connectivity index (χ4v) is 5.67. The zero-order valence-electron chi connectivity index (χ0n) is 26.3. The van der Waals surface area contributed by atoms with Crippen molar-refractivity contribution in [2.45, 2.75) is 19.3 Å². The van der Waals surface area contributed by atoms with Crippen LogP contribution in [0.1, 0.15) is 32.8 Å². The number of nitrogens with zero attached hydrogens (tertiary/aromatic N) is 2. The molecule has 47 heavy (non-hydrogen) atoms. The predicted octanol–water partition coefficient (Wildman–Crippen LogP) is 4.64. The molecule has 0 saturated heterocycles. The number of carbonyl (C=O) groups excluding carboxylic acids is 2. The number of aromatic hydroxyl groups is 1. The maximum absolute atomic E-state index is 13.0. The van der Waals surface area contributed by atoms with Gasteiger partial charge in [-0.2, -0.15) is 0 Å². The summed E-state index contributed by atoms with van der Waals surface area (Å²) in [5.74, 6) is 0.580. The van der Waals surface area contributed by atoms with E-state index in [9.17, 15) is 24.3 Å². The Labute approximate surface area is 274 Å². The Hall–Kier alpha value is -5.36. The summed E-state index contributed by atoms with van der Waals surface area (Å²) in [5.41, 5.74) is 2.78. The third kappa shape index (κ3) is 8.67. The second kappa shape index (κ2) is 14.8. The second-order valence-electron chi connectivity index (χ2n) is 11.2. The Bertz CT molecular complexity index is 1990. The average Bonchev–Trinajstić information content (AvgIpc) is 3.37. The number of aromatic amines is 1. The molecule has 0 fully saturated rings. The van der Waals surface area contributed by atoms with E-state index >= 15 is 0 Å². The van der Waals surface area contributed by atoms with E-state index in [0.29, 0.717) is 59.1 Å². The standard InChI is InChI=1S/C35H35N3O8S/c1-37(2)25-10-13-28-24(19-33(41)46-30(28)20-25)18-32(40)38(3)14-5-15-44-27-7-4-6-23(17-27)29(39)21-45-26-11-8-22(9-12-26)16-31-34(42)36-35(43)47-31/h4,6-13,17,19-20,42H,5,14-16,18,21H2,1-3H3,(H,36,43). The van der Waals surface area contributed by atoms with E-state index in [1.807, 2.05) is 43.3 Å². The molecule has 244 valence electrons. The van der Waals surface area contributed by atoms with Crippen LogP contribution in [-0.4, -0.2) is 67.6 Å². The van der Waals surface area contributed by atoms with Crippen LogP contribution >= 0.6 is 11.3 Å². The zero-order valence-corrected chi connectivity index (χ0v) is 27.1. The van der Waals surface area contributed by atoms with Crippen LogP contribution in [0, 0.1) is 0 Å². The molecule has 0 aliphatic carbocycles. The van der Waals surface area contributed by atoms with E-state index in [2.05, 4.69) is 4.98 Å².